The maximum Gasteiger partial charge on any atom is 0.265 e. The van der Waals surface area contributed by atoms with Gasteiger partial charge >= 0.3 is 0 Å². The summed E-state index contributed by atoms with van der Waals surface area (Å²) < 4.78 is 39.3. The molecule has 0 bridgehead atoms. The molecule has 1 heterocycles. The fourth-order valence-corrected chi connectivity index (χ4v) is 4.15. The molecule has 0 spiro atoms. The predicted octanol–water partition coefficient (Wildman–Crippen LogP) is 3.20. The molecule has 5 nitrogen and oxygen atoms in total. The molecule has 0 saturated heterocycles. The normalized spacial score (nSPS) is 12.8. The highest BCUT2D eigenvalue weighted by atomic mass is 32.2. The van der Waals surface area contributed by atoms with Crippen LogP contribution in [0.25, 0.3) is 16.3 Å². The number of thioether (sulfide) groups is 1. The number of nitrogens with zero attached hydrogens (tertiary/aromatic N) is 1. The standard InChI is InChI=1S/C15H19NO4S3/c1-11(21-3)9-15-16(7-4-8-23(17,18)19)13-10-12(20-2)5-6-14(13)22-15/h5-6,9-10H,4,7-8H2,1-3H3/p+1/b11-9+. The zero-order valence-corrected chi connectivity index (χ0v) is 15.7. The van der Waals surface area contributed by atoms with E-state index in [-0.39, 0.29) is 5.75 Å². The van der Waals surface area contributed by atoms with Crippen LogP contribution in [0.1, 0.15) is 18.4 Å². The number of hydrogen-bond donors (Lipinski definition) is 1. The third-order valence-electron chi connectivity index (χ3n) is 3.37. The maximum atomic E-state index is 10.9. The number of methoxy groups -OCH3 is 1. The van der Waals surface area contributed by atoms with Crippen LogP contribution in [0.5, 0.6) is 5.75 Å². The van der Waals surface area contributed by atoms with Crippen molar-refractivity contribution in [1.82, 2.24) is 0 Å². The fourth-order valence-electron chi connectivity index (χ4n) is 2.18. The molecule has 0 radical (unpaired) electrons. The van der Waals surface area contributed by atoms with Gasteiger partial charge in [0, 0.05) is 12.5 Å². The fraction of sp³-hybridized carbons (Fsp3) is 0.400. The first-order valence-corrected chi connectivity index (χ1v) is 10.7. The van der Waals surface area contributed by atoms with Crippen molar-refractivity contribution < 1.29 is 22.3 Å². The number of fused-ring (bicyclic) bond motifs is 1. The van der Waals surface area contributed by atoms with Crippen molar-refractivity contribution in [2.75, 3.05) is 19.1 Å². The number of aryl methyl sites for hydroxylation is 1. The van der Waals surface area contributed by atoms with E-state index in [1.54, 1.807) is 30.2 Å². The van der Waals surface area contributed by atoms with Crippen molar-refractivity contribution in [1.29, 1.82) is 0 Å². The third-order valence-corrected chi connectivity index (χ3v) is 6.05. The second kappa shape index (κ2) is 7.65. The molecule has 0 amide bonds. The van der Waals surface area contributed by atoms with Crippen LogP contribution in [-0.2, 0) is 16.7 Å². The minimum absolute atomic E-state index is 0.244. The van der Waals surface area contributed by atoms with E-state index in [0.29, 0.717) is 13.0 Å². The van der Waals surface area contributed by atoms with Crippen molar-refractivity contribution in [3.63, 3.8) is 0 Å². The molecule has 2 aromatic rings. The first-order chi connectivity index (χ1) is 10.8. The van der Waals surface area contributed by atoms with Crippen LogP contribution < -0.4 is 9.30 Å². The maximum absolute atomic E-state index is 10.9. The Bertz CT molecular complexity index is 825. The second-order valence-electron chi connectivity index (χ2n) is 5.02. The van der Waals surface area contributed by atoms with Crippen molar-refractivity contribution in [2.45, 2.75) is 19.9 Å². The minimum atomic E-state index is -3.94. The molecule has 2 rings (SSSR count). The van der Waals surface area contributed by atoms with Gasteiger partial charge in [-0.1, -0.05) is 11.3 Å². The third kappa shape index (κ3) is 4.94. The molecular formula is C15H20NO4S3+. The highest BCUT2D eigenvalue weighted by Gasteiger charge is 2.20. The van der Waals surface area contributed by atoms with E-state index < -0.39 is 10.1 Å². The number of thiazole rings is 1. The van der Waals surface area contributed by atoms with Gasteiger partial charge < -0.3 is 4.74 Å². The van der Waals surface area contributed by atoms with Gasteiger partial charge in [0.1, 0.15) is 10.4 Å². The Balaban J connectivity index is 2.44. The summed E-state index contributed by atoms with van der Waals surface area (Å²) in [6.45, 7) is 2.55. The smallest absolute Gasteiger partial charge is 0.265 e. The summed E-state index contributed by atoms with van der Waals surface area (Å²) in [5.74, 6) is 0.516. The molecule has 1 N–H and O–H groups in total. The Kier molecular flexibility index (Phi) is 6.07. The molecule has 1 aromatic heterocycles. The number of hydrogen-bond acceptors (Lipinski definition) is 5. The molecule has 0 aliphatic carbocycles. The first kappa shape index (κ1) is 18.3. The summed E-state index contributed by atoms with van der Waals surface area (Å²) in [6, 6.07) is 5.87. The summed E-state index contributed by atoms with van der Waals surface area (Å²) in [5, 5.41) is 1.05. The Morgan fingerprint density at radius 2 is 2.22 bits per heavy atom. The van der Waals surface area contributed by atoms with Crippen LogP contribution in [0.15, 0.2) is 23.1 Å². The molecule has 0 unspecified atom stereocenters. The van der Waals surface area contributed by atoms with Gasteiger partial charge in [0.25, 0.3) is 15.1 Å². The largest absolute Gasteiger partial charge is 0.497 e. The highest BCUT2D eigenvalue weighted by Crippen LogP contribution is 2.27. The van der Waals surface area contributed by atoms with E-state index >= 15 is 0 Å². The summed E-state index contributed by atoms with van der Waals surface area (Å²) in [6.07, 6.45) is 4.46. The van der Waals surface area contributed by atoms with Crippen LogP contribution in [0.4, 0.5) is 0 Å². The Hall–Kier alpha value is -1.09. The van der Waals surface area contributed by atoms with Crippen LogP contribution in [-0.4, -0.2) is 32.1 Å². The minimum Gasteiger partial charge on any atom is -0.497 e. The van der Waals surface area contributed by atoms with E-state index in [2.05, 4.69) is 10.6 Å². The summed E-state index contributed by atoms with van der Waals surface area (Å²) in [7, 11) is -2.32. The SMILES string of the molecule is COc1ccc2sc(/C=C(\C)SC)[n+](CCCS(=O)(=O)O)c2c1. The molecule has 0 aliphatic heterocycles. The number of aromatic nitrogens is 1. The molecule has 126 valence electrons. The molecular weight excluding hydrogens is 354 g/mol. The monoisotopic (exact) mass is 374 g/mol. The van der Waals surface area contributed by atoms with Gasteiger partial charge in [-0.3, -0.25) is 4.55 Å². The molecule has 0 atom stereocenters. The Morgan fingerprint density at radius 1 is 1.48 bits per heavy atom. The van der Waals surface area contributed by atoms with E-state index in [4.69, 9.17) is 9.29 Å². The summed E-state index contributed by atoms with van der Waals surface area (Å²) in [4.78, 5) is 1.17. The highest BCUT2D eigenvalue weighted by molar-refractivity contribution is 8.02. The molecule has 0 aliphatic rings. The summed E-state index contributed by atoms with van der Waals surface area (Å²) >= 11 is 3.32. The van der Waals surface area contributed by atoms with E-state index in [1.807, 2.05) is 31.4 Å². The van der Waals surface area contributed by atoms with Gasteiger partial charge in [-0.05, 0) is 30.2 Å². The average Bonchev–Trinajstić information content (AvgIpc) is 2.82. The van der Waals surface area contributed by atoms with Crippen molar-refractivity contribution in [3.05, 3.63) is 28.1 Å². The average molecular weight is 375 g/mol. The lowest BCUT2D eigenvalue weighted by atomic mass is 10.3. The summed E-state index contributed by atoms with van der Waals surface area (Å²) in [5.41, 5.74) is 1.00. The topological polar surface area (TPSA) is 67.5 Å². The Labute approximate surface area is 144 Å². The van der Waals surface area contributed by atoms with Gasteiger partial charge in [0.05, 0.1) is 18.9 Å². The predicted molar refractivity (Wildman–Crippen MR) is 96.8 cm³/mol. The zero-order chi connectivity index (χ0) is 17.0. The van der Waals surface area contributed by atoms with Crippen molar-refractivity contribution >= 4 is 49.5 Å². The van der Waals surface area contributed by atoms with Crippen LogP contribution in [0, 0.1) is 0 Å². The lowest BCUT2D eigenvalue weighted by molar-refractivity contribution is -0.668. The van der Waals surface area contributed by atoms with Gasteiger partial charge in [-0.2, -0.15) is 13.0 Å². The Morgan fingerprint density at radius 3 is 2.83 bits per heavy atom. The van der Waals surface area contributed by atoms with Gasteiger partial charge in [0.2, 0.25) is 5.52 Å². The molecule has 0 fully saturated rings. The quantitative estimate of drug-likeness (QED) is 0.595. The van der Waals surface area contributed by atoms with E-state index in [0.717, 1.165) is 21.0 Å². The lowest BCUT2D eigenvalue weighted by Gasteiger charge is -2.00. The number of ether oxygens (including phenoxy) is 1. The lowest BCUT2D eigenvalue weighted by Crippen LogP contribution is -2.36. The number of allylic oxidation sites excluding steroid dienone is 1. The van der Waals surface area contributed by atoms with Crippen molar-refractivity contribution in [2.24, 2.45) is 0 Å². The van der Waals surface area contributed by atoms with Gasteiger partial charge in [-0.15, -0.1) is 11.8 Å². The number of benzene rings is 1. The molecule has 8 heteroatoms. The second-order valence-corrected chi connectivity index (χ2v) is 8.71. The first-order valence-electron chi connectivity index (χ1n) is 7.02. The van der Waals surface area contributed by atoms with E-state index in [1.165, 1.54) is 4.91 Å². The van der Waals surface area contributed by atoms with Crippen LogP contribution in [0.3, 0.4) is 0 Å². The van der Waals surface area contributed by atoms with Gasteiger partial charge in [0.15, 0.2) is 6.54 Å². The molecule has 1 aromatic carbocycles. The van der Waals surface area contributed by atoms with Crippen LogP contribution >= 0.6 is 23.1 Å². The van der Waals surface area contributed by atoms with Crippen molar-refractivity contribution in [3.8, 4) is 5.75 Å². The molecule has 0 saturated carbocycles. The number of rotatable bonds is 7. The van der Waals surface area contributed by atoms with E-state index in [9.17, 15) is 8.42 Å². The van der Waals surface area contributed by atoms with Crippen LogP contribution in [0.2, 0.25) is 0 Å². The van der Waals surface area contributed by atoms with Gasteiger partial charge in [-0.25, -0.2) is 0 Å². The zero-order valence-electron chi connectivity index (χ0n) is 13.3. The molecule has 23 heavy (non-hydrogen) atoms.